The van der Waals surface area contributed by atoms with Gasteiger partial charge in [0.25, 0.3) is 0 Å². The number of carbonyl (C=O) groups is 1. The Balaban J connectivity index is 2.40. The molecule has 0 unspecified atom stereocenters. The van der Waals surface area contributed by atoms with E-state index in [1.807, 2.05) is 6.07 Å². The molecule has 0 aliphatic heterocycles. The van der Waals surface area contributed by atoms with Crippen LogP contribution in [0.25, 0.3) is 0 Å². The zero-order valence-corrected chi connectivity index (χ0v) is 11.8. The molecule has 2 nitrogen and oxygen atoms in total. The zero-order valence-electron chi connectivity index (χ0n) is 11.8. The summed E-state index contributed by atoms with van der Waals surface area (Å²) in [5.41, 5.74) is 1.36. The van der Waals surface area contributed by atoms with Crippen molar-refractivity contribution >= 4 is 5.91 Å². The summed E-state index contributed by atoms with van der Waals surface area (Å²) in [5, 5.41) is 2.97. The molecule has 0 bridgehead atoms. The highest BCUT2D eigenvalue weighted by Crippen LogP contribution is 2.27. The smallest absolute Gasteiger partial charge is 0.220 e. The first-order chi connectivity index (χ1) is 8.56. The normalized spacial score (nSPS) is 11.3. The van der Waals surface area contributed by atoms with E-state index in [2.05, 4.69) is 50.4 Å². The third-order valence-corrected chi connectivity index (χ3v) is 3.38. The Morgan fingerprint density at radius 3 is 2.50 bits per heavy atom. The average Bonchev–Trinajstić information content (AvgIpc) is 2.38. The van der Waals surface area contributed by atoms with Crippen LogP contribution in [0.5, 0.6) is 0 Å². The first kappa shape index (κ1) is 14.7. The quantitative estimate of drug-likeness (QED) is 0.732. The lowest BCUT2D eigenvalue weighted by molar-refractivity contribution is -0.121. The lowest BCUT2D eigenvalue weighted by atomic mass is 9.80. The third kappa shape index (κ3) is 4.91. The Kier molecular flexibility index (Phi) is 5.90. The van der Waals surface area contributed by atoms with Gasteiger partial charge in [-0.15, -0.1) is 0 Å². The molecule has 1 rings (SSSR count). The van der Waals surface area contributed by atoms with Gasteiger partial charge in [-0.25, -0.2) is 0 Å². The monoisotopic (exact) mass is 247 g/mol. The maximum atomic E-state index is 11.7. The second-order valence-electron chi connectivity index (χ2n) is 5.45. The molecule has 1 aromatic rings. The molecule has 18 heavy (non-hydrogen) atoms. The molecule has 0 heterocycles. The van der Waals surface area contributed by atoms with E-state index in [1.54, 1.807) is 0 Å². The predicted molar refractivity (Wildman–Crippen MR) is 76.6 cm³/mol. The number of benzene rings is 1. The van der Waals surface area contributed by atoms with Gasteiger partial charge in [-0.2, -0.15) is 0 Å². The van der Waals surface area contributed by atoms with Crippen molar-refractivity contribution in [2.45, 2.75) is 51.9 Å². The van der Waals surface area contributed by atoms with Crippen molar-refractivity contribution in [1.82, 2.24) is 5.32 Å². The van der Waals surface area contributed by atoms with Gasteiger partial charge >= 0.3 is 0 Å². The standard InChI is InChI=1S/C16H25NO/c1-4-5-13-17-15(18)11-12-16(2,3)14-9-7-6-8-10-14/h6-10H,4-5,11-13H2,1-3H3,(H,17,18). The lowest BCUT2D eigenvalue weighted by Crippen LogP contribution is -2.27. The minimum Gasteiger partial charge on any atom is -0.356 e. The van der Waals surface area contributed by atoms with E-state index in [0.717, 1.165) is 25.8 Å². The Labute approximate surface area is 111 Å². The molecule has 1 amide bonds. The van der Waals surface area contributed by atoms with E-state index in [-0.39, 0.29) is 11.3 Å². The number of hydrogen-bond acceptors (Lipinski definition) is 1. The van der Waals surface area contributed by atoms with Crippen molar-refractivity contribution in [3.05, 3.63) is 35.9 Å². The molecule has 0 aromatic heterocycles. The van der Waals surface area contributed by atoms with Gasteiger partial charge in [0, 0.05) is 13.0 Å². The van der Waals surface area contributed by atoms with Crippen LogP contribution >= 0.6 is 0 Å². The maximum Gasteiger partial charge on any atom is 0.220 e. The summed E-state index contributed by atoms with van der Waals surface area (Å²) >= 11 is 0. The van der Waals surface area contributed by atoms with Crippen molar-refractivity contribution in [3.63, 3.8) is 0 Å². The van der Waals surface area contributed by atoms with Gasteiger partial charge in [0.15, 0.2) is 0 Å². The van der Waals surface area contributed by atoms with E-state index in [1.165, 1.54) is 5.56 Å². The minimum absolute atomic E-state index is 0.0589. The Hall–Kier alpha value is -1.31. The van der Waals surface area contributed by atoms with E-state index < -0.39 is 0 Å². The van der Waals surface area contributed by atoms with Crippen molar-refractivity contribution < 1.29 is 4.79 Å². The molecule has 0 aliphatic rings. The molecule has 1 N–H and O–H groups in total. The number of amides is 1. The minimum atomic E-state index is 0.0589. The third-order valence-electron chi connectivity index (χ3n) is 3.38. The molecule has 0 spiro atoms. The lowest BCUT2D eigenvalue weighted by Gasteiger charge is -2.25. The number of carbonyl (C=O) groups excluding carboxylic acids is 1. The van der Waals surface area contributed by atoms with E-state index in [0.29, 0.717) is 6.42 Å². The van der Waals surface area contributed by atoms with Gasteiger partial charge in [0.2, 0.25) is 5.91 Å². The van der Waals surface area contributed by atoms with Crippen molar-refractivity contribution in [1.29, 1.82) is 0 Å². The van der Waals surface area contributed by atoms with Crippen LogP contribution in [0.15, 0.2) is 30.3 Å². The molecule has 0 saturated carbocycles. The predicted octanol–water partition coefficient (Wildman–Crippen LogP) is 3.66. The highest BCUT2D eigenvalue weighted by Gasteiger charge is 2.21. The van der Waals surface area contributed by atoms with Crippen LogP contribution in [0, 0.1) is 0 Å². The summed E-state index contributed by atoms with van der Waals surface area (Å²) < 4.78 is 0. The molecule has 0 atom stereocenters. The topological polar surface area (TPSA) is 29.1 Å². The fourth-order valence-corrected chi connectivity index (χ4v) is 1.95. The highest BCUT2D eigenvalue weighted by atomic mass is 16.1. The molecule has 0 radical (unpaired) electrons. The molecular weight excluding hydrogens is 222 g/mol. The van der Waals surface area contributed by atoms with Crippen LogP contribution in [-0.4, -0.2) is 12.5 Å². The van der Waals surface area contributed by atoms with Crippen LogP contribution in [0.2, 0.25) is 0 Å². The Morgan fingerprint density at radius 1 is 1.22 bits per heavy atom. The zero-order chi connectivity index (χ0) is 13.4. The molecule has 100 valence electrons. The summed E-state index contributed by atoms with van der Waals surface area (Å²) in [6, 6.07) is 10.4. The van der Waals surface area contributed by atoms with Crippen molar-refractivity contribution in [2.24, 2.45) is 0 Å². The number of nitrogens with one attached hydrogen (secondary N) is 1. The van der Waals surface area contributed by atoms with E-state index >= 15 is 0 Å². The average molecular weight is 247 g/mol. The van der Waals surface area contributed by atoms with Crippen LogP contribution in [-0.2, 0) is 10.2 Å². The van der Waals surface area contributed by atoms with Gasteiger partial charge in [-0.1, -0.05) is 57.5 Å². The largest absolute Gasteiger partial charge is 0.356 e. The molecule has 0 saturated heterocycles. The SMILES string of the molecule is CCCCNC(=O)CCC(C)(C)c1ccccc1. The number of rotatable bonds is 7. The maximum absolute atomic E-state index is 11.7. The van der Waals surface area contributed by atoms with Gasteiger partial charge < -0.3 is 5.32 Å². The summed E-state index contributed by atoms with van der Waals surface area (Å²) in [7, 11) is 0. The molecular formula is C16H25NO. The van der Waals surface area contributed by atoms with Crippen LogP contribution in [0.3, 0.4) is 0 Å². The van der Waals surface area contributed by atoms with Crippen LogP contribution in [0.4, 0.5) is 0 Å². The second-order valence-corrected chi connectivity index (χ2v) is 5.45. The fourth-order valence-electron chi connectivity index (χ4n) is 1.95. The number of unbranched alkanes of at least 4 members (excludes halogenated alkanes) is 1. The molecule has 0 fully saturated rings. The van der Waals surface area contributed by atoms with Gasteiger partial charge in [0.05, 0.1) is 0 Å². The highest BCUT2D eigenvalue weighted by molar-refractivity contribution is 5.75. The molecule has 1 aromatic carbocycles. The summed E-state index contributed by atoms with van der Waals surface area (Å²) in [6.45, 7) is 7.33. The Morgan fingerprint density at radius 2 is 1.89 bits per heavy atom. The van der Waals surface area contributed by atoms with Crippen molar-refractivity contribution in [2.75, 3.05) is 6.54 Å². The molecule has 0 aliphatic carbocycles. The summed E-state index contributed by atoms with van der Waals surface area (Å²) in [6.07, 6.45) is 3.67. The summed E-state index contributed by atoms with van der Waals surface area (Å²) in [4.78, 5) is 11.7. The first-order valence-corrected chi connectivity index (χ1v) is 6.88. The number of hydrogen-bond donors (Lipinski definition) is 1. The van der Waals surface area contributed by atoms with Gasteiger partial charge in [0.1, 0.15) is 0 Å². The molecule has 2 heteroatoms. The van der Waals surface area contributed by atoms with E-state index in [4.69, 9.17) is 0 Å². The first-order valence-electron chi connectivity index (χ1n) is 6.88. The van der Waals surface area contributed by atoms with Crippen LogP contribution < -0.4 is 5.32 Å². The fraction of sp³-hybridized carbons (Fsp3) is 0.562. The van der Waals surface area contributed by atoms with E-state index in [9.17, 15) is 4.79 Å². The Bertz CT molecular complexity index is 357. The van der Waals surface area contributed by atoms with Gasteiger partial charge in [-0.05, 0) is 23.8 Å². The van der Waals surface area contributed by atoms with Gasteiger partial charge in [-0.3, -0.25) is 4.79 Å². The van der Waals surface area contributed by atoms with Crippen LogP contribution in [0.1, 0.15) is 52.0 Å². The van der Waals surface area contributed by atoms with Crippen molar-refractivity contribution in [3.8, 4) is 0 Å². The second kappa shape index (κ2) is 7.20. The summed E-state index contributed by atoms with van der Waals surface area (Å²) in [5.74, 6) is 0.174.